The summed E-state index contributed by atoms with van der Waals surface area (Å²) in [6.45, 7) is 3.83. The van der Waals surface area contributed by atoms with Gasteiger partial charge in [0.25, 0.3) is 0 Å². The molecule has 1 amide bonds. The third kappa shape index (κ3) is 3.90. The summed E-state index contributed by atoms with van der Waals surface area (Å²) in [6.07, 6.45) is 5.63. The van der Waals surface area contributed by atoms with E-state index in [1.165, 1.54) is 35.5 Å². The van der Waals surface area contributed by atoms with Gasteiger partial charge in [0.05, 0.1) is 11.1 Å². The third-order valence-electron chi connectivity index (χ3n) is 6.62. The summed E-state index contributed by atoms with van der Waals surface area (Å²) in [7, 11) is 0. The van der Waals surface area contributed by atoms with Gasteiger partial charge >= 0.3 is 0 Å². The molecular formula is C25H25N5O2S2. The Bertz CT molecular complexity index is 1450. The smallest absolute Gasteiger partial charge is 0.234 e. The van der Waals surface area contributed by atoms with Crippen LogP contribution in [0.1, 0.15) is 65.7 Å². The Balaban J connectivity index is 1.30. The number of carbonyl (C=O) groups is 2. The van der Waals surface area contributed by atoms with Crippen LogP contribution in [0.3, 0.4) is 0 Å². The van der Waals surface area contributed by atoms with Crippen LogP contribution in [0.2, 0.25) is 0 Å². The minimum atomic E-state index is -0.147. The lowest BCUT2D eigenvalue weighted by Crippen LogP contribution is -2.15. The molecule has 6 rings (SSSR count). The van der Waals surface area contributed by atoms with Crippen molar-refractivity contribution >= 4 is 56.3 Å². The van der Waals surface area contributed by atoms with Gasteiger partial charge in [0, 0.05) is 22.0 Å². The number of fused-ring (bicyclic) bond motifs is 5. The summed E-state index contributed by atoms with van der Waals surface area (Å²) in [5, 5.41) is 13.8. The molecule has 3 heterocycles. The quantitative estimate of drug-likeness (QED) is 0.292. The molecule has 174 valence electrons. The Morgan fingerprint density at radius 3 is 2.88 bits per heavy atom. The topological polar surface area (TPSA) is 89.2 Å². The van der Waals surface area contributed by atoms with E-state index >= 15 is 0 Å². The van der Waals surface area contributed by atoms with E-state index in [0.717, 1.165) is 47.4 Å². The highest BCUT2D eigenvalue weighted by atomic mass is 32.2. The van der Waals surface area contributed by atoms with E-state index in [1.807, 2.05) is 11.3 Å². The van der Waals surface area contributed by atoms with Crippen LogP contribution in [0.4, 0.5) is 5.69 Å². The molecule has 0 saturated heterocycles. The van der Waals surface area contributed by atoms with Crippen molar-refractivity contribution in [2.24, 2.45) is 5.92 Å². The zero-order valence-corrected chi connectivity index (χ0v) is 20.8. The van der Waals surface area contributed by atoms with Crippen molar-refractivity contribution in [3.63, 3.8) is 0 Å². The number of ketones is 1. The molecule has 3 aromatic heterocycles. The van der Waals surface area contributed by atoms with Crippen LogP contribution in [0.15, 0.2) is 29.4 Å². The number of nitrogens with one attached hydrogen (secondary N) is 1. The number of benzene rings is 1. The zero-order chi connectivity index (χ0) is 23.4. The number of thiophene rings is 1. The molecule has 0 bridgehead atoms. The Kier molecular flexibility index (Phi) is 5.41. The number of anilines is 1. The van der Waals surface area contributed by atoms with Crippen LogP contribution >= 0.6 is 23.1 Å². The first-order valence-electron chi connectivity index (χ1n) is 11.7. The van der Waals surface area contributed by atoms with Gasteiger partial charge in [-0.2, -0.15) is 0 Å². The molecule has 1 fully saturated rings. The van der Waals surface area contributed by atoms with E-state index < -0.39 is 0 Å². The van der Waals surface area contributed by atoms with Crippen LogP contribution in [0, 0.1) is 5.92 Å². The zero-order valence-electron chi connectivity index (χ0n) is 19.1. The molecule has 0 unspecified atom stereocenters. The van der Waals surface area contributed by atoms with Gasteiger partial charge in [-0.3, -0.25) is 14.0 Å². The molecule has 4 aromatic rings. The summed E-state index contributed by atoms with van der Waals surface area (Å²) in [6, 6.07) is 7.00. The van der Waals surface area contributed by atoms with Crippen LogP contribution in [-0.2, 0) is 17.6 Å². The average Bonchev–Trinajstić information content (AvgIpc) is 3.47. The highest BCUT2D eigenvalue weighted by molar-refractivity contribution is 7.99. The average molecular weight is 492 g/mol. The molecule has 9 heteroatoms. The predicted molar refractivity (Wildman–Crippen MR) is 135 cm³/mol. The number of amides is 1. The fourth-order valence-corrected chi connectivity index (χ4v) is 6.81. The monoisotopic (exact) mass is 491 g/mol. The lowest BCUT2D eigenvalue weighted by Gasteiger charge is -2.17. The second-order valence-electron chi connectivity index (χ2n) is 9.39. The highest BCUT2D eigenvalue weighted by Crippen LogP contribution is 2.44. The number of nitrogens with zero attached hydrogens (tertiary/aromatic N) is 4. The number of thioether (sulfide) groups is 1. The van der Waals surface area contributed by atoms with Crippen molar-refractivity contribution in [1.82, 2.24) is 19.6 Å². The number of aryl methyl sites for hydroxylation is 1. The van der Waals surface area contributed by atoms with Crippen LogP contribution < -0.4 is 5.32 Å². The Morgan fingerprint density at radius 2 is 2.09 bits per heavy atom. The summed E-state index contributed by atoms with van der Waals surface area (Å²) < 4.78 is 2.10. The largest absolute Gasteiger partial charge is 0.325 e. The van der Waals surface area contributed by atoms with Crippen molar-refractivity contribution in [2.45, 2.75) is 57.0 Å². The van der Waals surface area contributed by atoms with E-state index in [0.29, 0.717) is 28.2 Å². The SMILES string of the molecule is CC(=O)c1cccc(NC(=O)CSc2nnc3c4c5c(sc4nc(C4CC4)n23)C[C@@H](C)CC5)c1. The van der Waals surface area contributed by atoms with Gasteiger partial charge in [0.1, 0.15) is 10.7 Å². The first kappa shape index (κ1) is 21.7. The van der Waals surface area contributed by atoms with E-state index in [4.69, 9.17) is 4.98 Å². The van der Waals surface area contributed by atoms with E-state index in [-0.39, 0.29) is 17.4 Å². The highest BCUT2D eigenvalue weighted by Gasteiger charge is 2.32. The maximum Gasteiger partial charge on any atom is 0.234 e. The lowest BCUT2D eigenvalue weighted by atomic mass is 9.89. The summed E-state index contributed by atoms with van der Waals surface area (Å²) in [5.41, 5.74) is 3.47. The number of hydrogen-bond donors (Lipinski definition) is 1. The molecule has 2 aliphatic rings. The molecule has 34 heavy (non-hydrogen) atoms. The summed E-state index contributed by atoms with van der Waals surface area (Å²) >= 11 is 3.20. The van der Waals surface area contributed by atoms with Gasteiger partial charge in [-0.25, -0.2) is 4.98 Å². The van der Waals surface area contributed by atoms with Gasteiger partial charge in [-0.05, 0) is 62.6 Å². The third-order valence-corrected chi connectivity index (χ3v) is 8.70. The summed E-state index contributed by atoms with van der Waals surface area (Å²) in [4.78, 5) is 31.9. The molecule has 1 saturated carbocycles. The molecule has 0 aliphatic heterocycles. The predicted octanol–water partition coefficient (Wildman–Crippen LogP) is 5.27. The fraction of sp³-hybridized carbons (Fsp3) is 0.400. The van der Waals surface area contributed by atoms with Crippen molar-refractivity contribution < 1.29 is 9.59 Å². The van der Waals surface area contributed by atoms with E-state index in [2.05, 4.69) is 26.8 Å². The molecule has 0 radical (unpaired) electrons. The van der Waals surface area contributed by atoms with Gasteiger partial charge in [-0.1, -0.05) is 30.8 Å². The summed E-state index contributed by atoms with van der Waals surface area (Å²) in [5.74, 6) is 2.19. The number of Topliss-reactive ketones (excluding diaryl/α,β-unsaturated/α-hetero) is 1. The number of carbonyl (C=O) groups excluding carboxylic acids is 2. The van der Waals surface area contributed by atoms with Gasteiger partial charge < -0.3 is 5.32 Å². The van der Waals surface area contributed by atoms with Crippen LogP contribution in [0.5, 0.6) is 0 Å². The minimum absolute atomic E-state index is 0.0306. The molecule has 7 nitrogen and oxygen atoms in total. The van der Waals surface area contributed by atoms with E-state index in [9.17, 15) is 9.59 Å². The van der Waals surface area contributed by atoms with Gasteiger partial charge in [0.2, 0.25) is 5.91 Å². The Morgan fingerprint density at radius 1 is 1.24 bits per heavy atom. The minimum Gasteiger partial charge on any atom is -0.325 e. The standard InChI is InChI=1S/C25H25N5O2S2/c1-13-6-9-18-19(10-13)34-24-21(18)23-28-29-25(30(23)22(27-24)15-7-8-15)33-12-20(32)26-17-5-3-4-16(11-17)14(2)31/h3-5,11,13,15H,6-10,12H2,1-2H3,(H,26,32)/t13-/m0/s1. The number of aromatic nitrogens is 4. The van der Waals surface area contributed by atoms with E-state index in [1.54, 1.807) is 24.3 Å². The Labute approximate surface area is 205 Å². The molecule has 1 N–H and O–H groups in total. The van der Waals surface area contributed by atoms with Crippen LogP contribution in [-0.4, -0.2) is 37.0 Å². The Hall–Kier alpha value is -2.78. The van der Waals surface area contributed by atoms with Crippen molar-refractivity contribution in [3.05, 3.63) is 46.1 Å². The number of rotatable bonds is 6. The lowest BCUT2D eigenvalue weighted by molar-refractivity contribution is -0.113. The molecular weight excluding hydrogens is 466 g/mol. The maximum atomic E-state index is 12.7. The van der Waals surface area contributed by atoms with Gasteiger partial charge in [0.15, 0.2) is 16.6 Å². The van der Waals surface area contributed by atoms with Gasteiger partial charge in [-0.15, -0.1) is 21.5 Å². The maximum absolute atomic E-state index is 12.7. The first-order valence-corrected chi connectivity index (χ1v) is 13.5. The molecule has 0 spiro atoms. The second kappa shape index (κ2) is 8.46. The van der Waals surface area contributed by atoms with Crippen molar-refractivity contribution in [1.29, 1.82) is 0 Å². The van der Waals surface area contributed by atoms with Crippen molar-refractivity contribution in [2.75, 3.05) is 11.1 Å². The van der Waals surface area contributed by atoms with Crippen LogP contribution in [0.25, 0.3) is 15.9 Å². The fourth-order valence-electron chi connectivity index (χ4n) is 4.69. The normalized spacial score (nSPS) is 17.8. The molecule has 1 atom stereocenters. The molecule has 2 aliphatic carbocycles. The van der Waals surface area contributed by atoms with Crippen molar-refractivity contribution in [3.8, 4) is 0 Å². The number of hydrogen-bond acceptors (Lipinski definition) is 7. The molecule has 1 aromatic carbocycles. The second-order valence-corrected chi connectivity index (χ2v) is 11.4. The first-order chi connectivity index (χ1) is 16.5.